The van der Waals surface area contributed by atoms with Gasteiger partial charge in [-0.15, -0.1) is 0 Å². The largest absolute Gasteiger partial charge is 0.372 e. The summed E-state index contributed by atoms with van der Waals surface area (Å²) >= 11 is 0. The van der Waals surface area contributed by atoms with E-state index in [1.54, 1.807) is 24.3 Å². The van der Waals surface area contributed by atoms with Gasteiger partial charge in [-0.05, 0) is 30.5 Å². The third-order valence-electron chi connectivity index (χ3n) is 4.87. The second-order valence-electron chi connectivity index (χ2n) is 6.56. The number of nitrogens with one attached hydrogen (secondary N) is 1. The standard InChI is InChI=1S/C21H26N2O2/c1-2-23(19-13-14-19)16-15-22-20(24)21(25,17-9-5-3-6-10-17)18-11-7-4-8-12-18/h3-12,19,25H,2,13-16H2,1H3,(H,22,24). The minimum Gasteiger partial charge on any atom is -0.372 e. The molecule has 4 nitrogen and oxygen atoms in total. The molecule has 0 unspecified atom stereocenters. The number of hydrogen-bond acceptors (Lipinski definition) is 3. The summed E-state index contributed by atoms with van der Waals surface area (Å²) in [5.74, 6) is -0.378. The number of carbonyl (C=O) groups excluding carboxylic acids is 1. The fraction of sp³-hybridized carbons (Fsp3) is 0.381. The average molecular weight is 338 g/mol. The first-order chi connectivity index (χ1) is 12.2. The van der Waals surface area contributed by atoms with Crippen molar-refractivity contribution >= 4 is 5.91 Å². The normalized spacial score (nSPS) is 14.5. The highest BCUT2D eigenvalue weighted by atomic mass is 16.3. The SMILES string of the molecule is CCN(CCNC(=O)C(O)(c1ccccc1)c1ccccc1)C1CC1. The summed E-state index contributed by atoms with van der Waals surface area (Å²) in [6.45, 7) is 4.48. The molecule has 0 spiro atoms. The number of nitrogens with zero attached hydrogens (tertiary/aromatic N) is 1. The molecule has 132 valence electrons. The second-order valence-corrected chi connectivity index (χ2v) is 6.56. The van der Waals surface area contributed by atoms with Gasteiger partial charge in [0.15, 0.2) is 5.60 Å². The van der Waals surface area contributed by atoms with E-state index in [1.165, 1.54) is 12.8 Å². The van der Waals surface area contributed by atoms with Gasteiger partial charge in [-0.3, -0.25) is 9.69 Å². The zero-order valence-corrected chi connectivity index (χ0v) is 14.7. The van der Waals surface area contributed by atoms with E-state index in [1.807, 2.05) is 36.4 Å². The molecule has 3 rings (SSSR count). The summed E-state index contributed by atoms with van der Waals surface area (Å²) in [4.78, 5) is 15.3. The van der Waals surface area contributed by atoms with Crippen molar-refractivity contribution in [2.75, 3.05) is 19.6 Å². The van der Waals surface area contributed by atoms with Gasteiger partial charge in [-0.25, -0.2) is 0 Å². The molecule has 0 saturated heterocycles. The number of aliphatic hydroxyl groups is 1. The Balaban J connectivity index is 1.76. The molecule has 0 aromatic heterocycles. The van der Waals surface area contributed by atoms with Crippen LogP contribution in [0.1, 0.15) is 30.9 Å². The van der Waals surface area contributed by atoms with Gasteiger partial charge in [0.2, 0.25) is 0 Å². The number of likely N-dealkylation sites (N-methyl/N-ethyl adjacent to an activating group) is 1. The highest BCUT2D eigenvalue weighted by Gasteiger charge is 2.39. The van der Waals surface area contributed by atoms with Crippen molar-refractivity contribution in [1.82, 2.24) is 10.2 Å². The van der Waals surface area contributed by atoms with E-state index in [-0.39, 0.29) is 5.91 Å². The number of hydrogen-bond donors (Lipinski definition) is 2. The molecule has 1 aliphatic carbocycles. The van der Waals surface area contributed by atoms with Crippen molar-refractivity contribution in [3.8, 4) is 0 Å². The first-order valence-corrected chi connectivity index (χ1v) is 9.02. The zero-order chi connectivity index (χ0) is 17.7. The van der Waals surface area contributed by atoms with Crippen LogP contribution in [0, 0.1) is 0 Å². The first kappa shape index (κ1) is 17.6. The van der Waals surface area contributed by atoms with Crippen molar-refractivity contribution < 1.29 is 9.90 Å². The van der Waals surface area contributed by atoms with Crippen LogP contribution in [0.25, 0.3) is 0 Å². The van der Waals surface area contributed by atoms with Crippen molar-refractivity contribution in [1.29, 1.82) is 0 Å². The Morgan fingerprint density at radius 3 is 2.04 bits per heavy atom. The molecule has 0 radical (unpaired) electrons. The van der Waals surface area contributed by atoms with E-state index in [9.17, 15) is 9.90 Å². The Morgan fingerprint density at radius 2 is 1.60 bits per heavy atom. The van der Waals surface area contributed by atoms with Crippen LogP contribution in [0.15, 0.2) is 60.7 Å². The fourth-order valence-corrected chi connectivity index (χ4v) is 3.27. The summed E-state index contributed by atoms with van der Waals surface area (Å²) in [6, 6.07) is 18.9. The molecule has 0 bridgehead atoms. The molecule has 2 aromatic rings. The van der Waals surface area contributed by atoms with Crippen LogP contribution in [0.3, 0.4) is 0 Å². The first-order valence-electron chi connectivity index (χ1n) is 9.02. The number of rotatable bonds is 8. The molecular formula is C21H26N2O2. The van der Waals surface area contributed by atoms with E-state index in [4.69, 9.17) is 0 Å². The van der Waals surface area contributed by atoms with Crippen LogP contribution in [0.4, 0.5) is 0 Å². The molecular weight excluding hydrogens is 312 g/mol. The number of amides is 1. The summed E-state index contributed by atoms with van der Waals surface area (Å²) in [6.07, 6.45) is 2.50. The Labute approximate surface area is 149 Å². The molecule has 1 aliphatic rings. The van der Waals surface area contributed by atoms with Gasteiger partial charge >= 0.3 is 0 Å². The molecule has 2 N–H and O–H groups in total. The van der Waals surface area contributed by atoms with E-state index in [0.717, 1.165) is 13.1 Å². The Kier molecular flexibility index (Phi) is 5.51. The van der Waals surface area contributed by atoms with Crippen LogP contribution >= 0.6 is 0 Å². The minimum atomic E-state index is -1.68. The fourth-order valence-electron chi connectivity index (χ4n) is 3.27. The van der Waals surface area contributed by atoms with Crippen molar-refractivity contribution in [2.24, 2.45) is 0 Å². The molecule has 2 aromatic carbocycles. The van der Waals surface area contributed by atoms with Gasteiger partial charge < -0.3 is 10.4 Å². The maximum Gasteiger partial charge on any atom is 0.261 e. The van der Waals surface area contributed by atoms with E-state index in [2.05, 4.69) is 17.1 Å². The molecule has 0 atom stereocenters. The predicted octanol–water partition coefficient (Wildman–Crippen LogP) is 2.52. The highest BCUT2D eigenvalue weighted by Crippen LogP contribution is 2.30. The summed E-state index contributed by atoms with van der Waals surface area (Å²) in [5, 5.41) is 14.3. The number of carbonyl (C=O) groups is 1. The van der Waals surface area contributed by atoms with E-state index < -0.39 is 5.60 Å². The summed E-state index contributed by atoms with van der Waals surface area (Å²) in [5.41, 5.74) is -0.527. The third-order valence-corrected chi connectivity index (χ3v) is 4.87. The second kappa shape index (κ2) is 7.81. The van der Waals surface area contributed by atoms with Gasteiger partial charge in [0.05, 0.1) is 0 Å². The molecule has 0 heterocycles. The van der Waals surface area contributed by atoms with Crippen LogP contribution in [0.2, 0.25) is 0 Å². The summed E-state index contributed by atoms with van der Waals surface area (Å²) < 4.78 is 0. The van der Waals surface area contributed by atoms with Gasteiger partial charge in [0, 0.05) is 19.1 Å². The molecule has 1 amide bonds. The average Bonchev–Trinajstić information content (AvgIpc) is 3.51. The van der Waals surface area contributed by atoms with Crippen LogP contribution in [-0.4, -0.2) is 41.6 Å². The number of benzene rings is 2. The van der Waals surface area contributed by atoms with Crippen LogP contribution < -0.4 is 5.32 Å². The lowest BCUT2D eigenvalue weighted by Crippen LogP contribution is -2.47. The van der Waals surface area contributed by atoms with Gasteiger partial charge in [-0.1, -0.05) is 67.6 Å². The molecule has 25 heavy (non-hydrogen) atoms. The van der Waals surface area contributed by atoms with Crippen LogP contribution in [-0.2, 0) is 10.4 Å². The van der Waals surface area contributed by atoms with Gasteiger partial charge in [0.1, 0.15) is 0 Å². The molecule has 0 aliphatic heterocycles. The van der Waals surface area contributed by atoms with Crippen molar-refractivity contribution in [3.05, 3.63) is 71.8 Å². The third kappa shape index (κ3) is 3.91. The van der Waals surface area contributed by atoms with Crippen molar-refractivity contribution in [3.63, 3.8) is 0 Å². The van der Waals surface area contributed by atoms with E-state index in [0.29, 0.717) is 23.7 Å². The molecule has 1 fully saturated rings. The Morgan fingerprint density at radius 1 is 1.08 bits per heavy atom. The highest BCUT2D eigenvalue weighted by molar-refractivity contribution is 5.90. The maximum absolute atomic E-state index is 12.9. The van der Waals surface area contributed by atoms with E-state index >= 15 is 0 Å². The topological polar surface area (TPSA) is 52.6 Å². The van der Waals surface area contributed by atoms with Crippen LogP contribution in [0.5, 0.6) is 0 Å². The molecule has 4 heteroatoms. The lowest BCUT2D eigenvalue weighted by molar-refractivity contribution is -0.136. The van der Waals surface area contributed by atoms with Gasteiger partial charge in [-0.2, -0.15) is 0 Å². The van der Waals surface area contributed by atoms with Gasteiger partial charge in [0.25, 0.3) is 5.91 Å². The van der Waals surface area contributed by atoms with Crippen molar-refractivity contribution in [2.45, 2.75) is 31.4 Å². The maximum atomic E-state index is 12.9. The smallest absolute Gasteiger partial charge is 0.261 e. The Bertz CT molecular complexity index is 644. The lowest BCUT2D eigenvalue weighted by Gasteiger charge is -2.29. The lowest BCUT2D eigenvalue weighted by atomic mass is 9.85. The summed E-state index contributed by atoms with van der Waals surface area (Å²) in [7, 11) is 0. The minimum absolute atomic E-state index is 0.378. The zero-order valence-electron chi connectivity index (χ0n) is 14.7. The predicted molar refractivity (Wildman–Crippen MR) is 99.2 cm³/mol. The monoisotopic (exact) mass is 338 g/mol. The quantitative estimate of drug-likeness (QED) is 0.778. The molecule has 1 saturated carbocycles. The Hall–Kier alpha value is -2.17.